The zero-order valence-corrected chi connectivity index (χ0v) is 15.7. The minimum Gasteiger partial charge on any atom is -0.497 e. The van der Waals surface area contributed by atoms with E-state index >= 15 is 0 Å². The van der Waals surface area contributed by atoms with Crippen molar-refractivity contribution in [1.82, 2.24) is 9.80 Å². The van der Waals surface area contributed by atoms with Crippen molar-refractivity contribution in [2.45, 2.75) is 26.2 Å². The lowest BCUT2D eigenvalue weighted by atomic mass is 9.87. The second kappa shape index (κ2) is 8.23. The van der Waals surface area contributed by atoms with Crippen LogP contribution in [-0.2, 0) is 9.59 Å². The Labute approximate surface area is 149 Å². The monoisotopic (exact) mass is 348 g/mol. The molecule has 1 aromatic rings. The van der Waals surface area contributed by atoms with E-state index in [4.69, 9.17) is 9.47 Å². The molecule has 2 unspecified atom stereocenters. The first-order valence-corrected chi connectivity index (χ1v) is 8.71. The van der Waals surface area contributed by atoms with Crippen LogP contribution >= 0.6 is 0 Å². The molecule has 1 fully saturated rings. The molecule has 0 aliphatic carbocycles. The summed E-state index contributed by atoms with van der Waals surface area (Å²) in [6.45, 7) is 5.39. The van der Waals surface area contributed by atoms with Crippen molar-refractivity contribution in [2.24, 2.45) is 5.92 Å². The summed E-state index contributed by atoms with van der Waals surface area (Å²) in [5, 5.41) is 0. The Balaban J connectivity index is 2.43. The minimum absolute atomic E-state index is 0.0591. The Hall–Kier alpha value is -2.24. The summed E-state index contributed by atoms with van der Waals surface area (Å²) >= 11 is 0. The number of amides is 2. The van der Waals surface area contributed by atoms with Gasteiger partial charge in [0.2, 0.25) is 11.8 Å². The third-order valence-corrected chi connectivity index (χ3v) is 4.98. The third-order valence-electron chi connectivity index (χ3n) is 4.98. The third kappa shape index (κ3) is 3.89. The topological polar surface area (TPSA) is 59.1 Å². The maximum atomic E-state index is 12.9. The van der Waals surface area contributed by atoms with Crippen molar-refractivity contribution in [3.05, 3.63) is 23.8 Å². The van der Waals surface area contributed by atoms with Gasteiger partial charge in [-0.15, -0.1) is 0 Å². The molecule has 2 amide bonds. The molecular formula is C19H28N2O4. The summed E-state index contributed by atoms with van der Waals surface area (Å²) in [7, 11) is 5.03. The van der Waals surface area contributed by atoms with Crippen molar-refractivity contribution in [2.75, 3.05) is 40.9 Å². The number of benzene rings is 1. The van der Waals surface area contributed by atoms with Crippen LogP contribution in [0.5, 0.6) is 11.5 Å². The molecule has 0 bridgehead atoms. The van der Waals surface area contributed by atoms with E-state index in [-0.39, 0.29) is 23.7 Å². The molecule has 1 saturated heterocycles. The van der Waals surface area contributed by atoms with Crippen LogP contribution in [0.3, 0.4) is 0 Å². The van der Waals surface area contributed by atoms with Crippen LogP contribution in [0.2, 0.25) is 0 Å². The van der Waals surface area contributed by atoms with Crippen molar-refractivity contribution in [3.63, 3.8) is 0 Å². The molecular weight excluding hydrogens is 320 g/mol. The van der Waals surface area contributed by atoms with E-state index in [0.717, 1.165) is 5.56 Å². The van der Waals surface area contributed by atoms with E-state index in [1.54, 1.807) is 31.1 Å². The van der Waals surface area contributed by atoms with Crippen LogP contribution in [0.4, 0.5) is 0 Å². The largest absolute Gasteiger partial charge is 0.497 e. The van der Waals surface area contributed by atoms with Crippen LogP contribution in [0.1, 0.15) is 31.7 Å². The maximum Gasteiger partial charge on any atom is 0.227 e. The van der Waals surface area contributed by atoms with Gasteiger partial charge in [0.15, 0.2) is 0 Å². The molecule has 6 nitrogen and oxygen atoms in total. The molecule has 0 aromatic heterocycles. The predicted molar refractivity (Wildman–Crippen MR) is 96.0 cm³/mol. The van der Waals surface area contributed by atoms with Gasteiger partial charge in [0.05, 0.1) is 20.1 Å². The van der Waals surface area contributed by atoms with Gasteiger partial charge in [-0.25, -0.2) is 0 Å². The standard InChI is InChI=1S/C19H28N2O4/c1-6-18(22)21-11-15(16(12-21)19(23)20(3)7-2)14-10-13(24-4)8-9-17(14)25-5/h8-10,15-16H,6-7,11-12H2,1-5H3. The summed E-state index contributed by atoms with van der Waals surface area (Å²) in [6, 6.07) is 5.60. The summed E-state index contributed by atoms with van der Waals surface area (Å²) in [6.07, 6.45) is 0.437. The summed E-state index contributed by atoms with van der Waals surface area (Å²) in [5.74, 6) is 1.17. The first-order valence-electron chi connectivity index (χ1n) is 8.71. The number of hydrogen-bond acceptors (Lipinski definition) is 4. The number of carbonyl (C=O) groups is 2. The average Bonchev–Trinajstić information content (AvgIpc) is 3.10. The second-order valence-electron chi connectivity index (χ2n) is 6.33. The Kier molecular flexibility index (Phi) is 6.28. The van der Waals surface area contributed by atoms with E-state index in [1.165, 1.54) is 0 Å². The van der Waals surface area contributed by atoms with Gasteiger partial charge in [0, 0.05) is 44.6 Å². The first kappa shape index (κ1) is 19.1. The van der Waals surface area contributed by atoms with Crippen LogP contribution < -0.4 is 9.47 Å². The Morgan fingerprint density at radius 2 is 1.92 bits per heavy atom. The number of methoxy groups -OCH3 is 2. The number of nitrogens with zero attached hydrogens (tertiary/aromatic N) is 2. The van der Waals surface area contributed by atoms with Gasteiger partial charge in [0.1, 0.15) is 11.5 Å². The average molecular weight is 348 g/mol. The molecule has 6 heteroatoms. The number of hydrogen-bond donors (Lipinski definition) is 0. The normalized spacial score (nSPS) is 19.6. The highest BCUT2D eigenvalue weighted by molar-refractivity contribution is 5.83. The van der Waals surface area contributed by atoms with Crippen molar-refractivity contribution < 1.29 is 19.1 Å². The van der Waals surface area contributed by atoms with Gasteiger partial charge in [-0.05, 0) is 25.1 Å². The van der Waals surface area contributed by atoms with Gasteiger partial charge >= 0.3 is 0 Å². The van der Waals surface area contributed by atoms with Gasteiger partial charge < -0.3 is 19.3 Å². The van der Waals surface area contributed by atoms with E-state index in [9.17, 15) is 9.59 Å². The lowest BCUT2D eigenvalue weighted by Crippen LogP contribution is -2.36. The van der Waals surface area contributed by atoms with Crippen molar-refractivity contribution in [1.29, 1.82) is 0 Å². The first-order chi connectivity index (χ1) is 12.0. The molecule has 1 heterocycles. The molecule has 1 aromatic carbocycles. The SMILES string of the molecule is CCC(=O)N1CC(C(=O)N(C)CC)C(c2cc(OC)ccc2OC)C1. The molecule has 0 spiro atoms. The predicted octanol–water partition coefficient (Wildman–Crippen LogP) is 2.13. The van der Waals surface area contributed by atoms with E-state index in [1.807, 2.05) is 32.0 Å². The molecule has 1 aliphatic rings. The highest BCUT2D eigenvalue weighted by Crippen LogP contribution is 2.40. The van der Waals surface area contributed by atoms with Crippen molar-refractivity contribution >= 4 is 11.8 Å². The fourth-order valence-corrected chi connectivity index (χ4v) is 3.36. The Morgan fingerprint density at radius 1 is 1.20 bits per heavy atom. The molecule has 138 valence electrons. The zero-order chi connectivity index (χ0) is 18.6. The van der Waals surface area contributed by atoms with Gasteiger partial charge in [-0.2, -0.15) is 0 Å². The molecule has 2 atom stereocenters. The van der Waals surface area contributed by atoms with E-state index < -0.39 is 0 Å². The molecule has 0 N–H and O–H groups in total. The number of likely N-dealkylation sites (tertiary alicyclic amines) is 1. The fraction of sp³-hybridized carbons (Fsp3) is 0.579. The number of carbonyl (C=O) groups excluding carboxylic acids is 2. The molecule has 25 heavy (non-hydrogen) atoms. The highest BCUT2D eigenvalue weighted by atomic mass is 16.5. The van der Waals surface area contributed by atoms with Crippen LogP contribution in [-0.4, -0.2) is 62.5 Å². The Bertz CT molecular complexity index is 632. The van der Waals surface area contributed by atoms with Gasteiger partial charge in [-0.1, -0.05) is 6.92 Å². The fourth-order valence-electron chi connectivity index (χ4n) is 3.36. The maximum absolute atomic E-state index is 12.9. The summed E-state index contributed by atoms with van der Waals surface area (Å²) in [5.41, 5.74) is 0.913. The summed E-state index contributed by atoms with van der Waals surface area (Å²) < 4.78 is 10.9. The molecule has 1 aliphatic heterocycles. The Morgan fingerprint density at radius 3 is 2.48 bits per heavy atom. The number of ether oxygens (including phenoxy) is 2. The smallest absolute Gasteiger partial charge is 0.227 e. The number of rotatable bonds is 6. The molecule has 0 radical (unpaired) electrons. The summed E-state index contributed by atoms with van der Waals surface area (Å²) in [4.78, 5) is 28.6. The van der Waals surface area contributed by atoms with Crippen LogP contribution in [0.25, 0.3) is 0 Å². The lowest BCUT2D eigenvalue weighted by molar-refractivity contribution is -0.134. The molecule has 2 rings (SSSR count). The second-order valence-corrected chi connectivity index (χ2v) is 6.33. The van der Waals surface area contributed by atoms with Gasteiger partial charge in [-0.3, -0.25) is 9.59 Å². The highest BCUT2D eigenvalue weighted by Gasteiger charge is 2.42. The van der Waals surface area contributed by atoms with Gasteiger partial charge in [0.25, 0.3) is 0 Å². The lowest BCUT2D eigenvalue weighted by Gasteiger charge is -2.24. The van der Waals surface area contributed by atoms with Crippen molar-refractivity contribution in [3.8, 4) is 11.5 Å². The minimum atomic E-state index is -0.276. The van der Waals surface area contributed by atoms with Crippen LogP contribution in [0, 0.1) is 5.92 Å². The zero-order valence-electron chi connectivity index (χ0n) is 15.7. The van der Waals surface area contributed by atoms with E-state index in [0.29, 0.717) is 37.6 Å². The van der Waals surface area contributed by atoms with Crippen LogP contribution in [0.15, 0.2) is 18.2 Å². The van der Waals surface area contributed by atoms with E-state index in [2.05, 4.69) is 0 Å². The molecule has 0 saturated carbocycles. The quantitative estimate of drug-likeness (QED) is 0.790.